The number of rotatable bonds is 1. The molecule has 0 radical (unpaired) electrons. The summed E-state index contributed by atoms with van der Waals surface area (Å²) in [6.07, 6.45) is 0. The maximum absolute atomic E-state index is 2.52. The van der Waals surface area contributed by atoms with E-state index in [-0.39, 0.29) is 5.41 Å². The van der Waals surface area contributed by atoms with Crippen LogP contribution in [0.1, 0.15) is 22.3 Å². The molecule has 9 aromatic carbocycles. The van der Waals surface area contributed by atoms with Gasteiger partial charge in [0.1, 0.15) is 0 Å². The van der Waals surface area contributed by atoms with Crippen molar-refractivity contribution in [1.29, 1.82) is 0 Å². The van der Waals surface area contributed by atoms with Crippen LogP contribution in [0, 0.1) is 0 Å². The van der Waals surface area contributed by atoms with Crippen LogP contribution in [0.25, 0.3) is 88.0 Å². The summed E-state index contributed by atoms with van der Waals surface area (Å²) in [5, 5.41) is 7.82. The third-order valence-electron chi connectivity index (χ3n) is 11.8. The fourth-order valence-corrected chi connectivity index (χ4v) is 9.79. The predicted octanol–water partition coefficient (Wildman–Crippen LogP) is 12.8. The molecule has 0 fully saturated rings. The molecule has 0 saturated heterocycles. The van der Waals surface area contributed by atoms with Gasteiger partial charge < -0.3 is 0 Å². The second-order valence-electron chi connectivity index (χ2n) is 14.0. The van der Waals surface area contributed by atoms with E-state index in [1.807, 2.05) is 0 Å². The fourth-order valence-electron chi connectivity index (χ4n) is 9.79. The highest BCUT2D eigenvalue weighted by Crippen LogP contribution is 2.63. The Morgan fingerprint density at radius 2 is 0.776 bits per heavy atom. The van der Waals surface area contributed by atoms with Crippen molar-refractivity contribution in [2.75, 3.05) is 0 Å². The quantitative estimate of drug-likeness (QED) is 0.172. The normalized spacial score (nSPS) is 13.9. The first-order valence-electron chi connectivity index (χ1n) is 17.3. The van der Waals surface area contributed by atoms with E-state index >= 15 is 0 Å². The summed E-state index contributed by atoms with van der Waals surface area (Å²) < 4.78 is 0. The van der Waals surface area contributed by atoms with Gasteiger partial charge in [-0.2, -0.15) is 0 Å². The smallest absolute Gasteiger partial charge is 0.0619 e. The maximum atomic E-state index is 2.52. The second kappa shape index (κ2) is 9.01. The van der Waals surface area contributed by atoms with Gasteiger partial charge in [0.2, 0.25) is 0 Å². The van der Waals surface area contributed by atoms with Crippen LogP contribution in [0.3, 0.4) is 0 Å². The van der Waals surface area contributed by atoms with Crippen molar-refractivity contribution in [1.82, 2.24) is 0 Å². The SMILES string of the molecule is c1ccc2c(c1)-c1cccc3c(-c4ccc5cc6c(cc5c4)C4(c5ccccc5-c5ccccc54)c4cc5ccccc5cc4-6)ccc-2c13. The lowest BCUT2D eigenvalue weighted by atomic mass is 9.70. The number of hydrogen-bond acceptors (Lipinski definition) is 0. The van der Waals surface area contributed by atoms with Gasteiger partial charge in [-0.05, 0) is 141 Å². The molecule has 0 unspecified atom stereocenters. The molecule has 1 spiro atoms. The molecule has 0 heteroatoms. The minimum Gasteiger partial charge on any atom is -0.0619 e. The summed E-state index contributed by atoms with van der Waals surface area (Å²) in [6.45, 7) is 0. The zero-order valence-electron chi connectivity index (χ0n) is 26.7. The van der Waals surface area contributed by atoms with E-state index < -0.39 is 0 Å². The van der Waals surface area contributed by atoms with Crippen molar-refractivity contribution in [3.05, 3.63) is 192 Å². The maximum Gasteiger partial charge on any atom is 0.0725 e. The summed E-state index contributed by atoms with van der Waals surface area (Å²) in [5.41, 5.74) is 18.4. The Bertz CT molecular complexity index is 2860. The van der Waals surface area contributed by atoms with Crippen molar-refractivity contribution in [3.8, 4) is 55.6 Å². The molecule has 0 heterocycles. The standard InChI is InChI=1S/C49H28/c1-2-11-30-27-46-42(25-29(30)10-1)43-26-31-20-21-32(34-22-23-41-36-13-4-3-12-35(36)40-17-9-16-39(34)48(40)41)24-33(31)28-47(43)49(46)44-18-7-5-14-37(44)38-15-6-8-19-45(38)49/h1-28H. The lowest BCUT2D eigenvalue weighted by Crippen LogP contribution is -2.25. The van der Waals surface area contributed by atoms with Crippen molar-refractivity contribution in [3.63, 3.8) is 0 Å². The van der Waals surface area contributed by atoms with Gasteiger partial charge in [0.15, 0.2) is 0 Å². The molecule has 3 aliphatic rings. The molecule has 0 saturated carbocycles. The molecule has 12 rings (SSSR count). The zero-order chi connectivity index (χ0) is 31.8. The largest absolute Gasteiger partial charge is 0.0725 e. The molecule has 0 aromatic heterocycles. The highest BCUT2D eigenvalue weighted by molar-refractivity contribution is 6.19. The van der Waals surface area contributed by atoms with Crippen LogP contribution < -0.4 is 0 Å². The van der Waals surface area contributed by atoms with E-state index in [4.69, 9.17) is 0 Å². The van der Waals surface area contributed by atoms with Gasteiger partial charge in [-0.3, -0.25) is 0 Å². The van der Waals surface area contributed by atoms with Gasteiger partial charge in [0.25, 0.3) is 0 Å². The Labute approximate surface area is 284 Å². The van der Waals surface area contributed by atoms with Gasteiger partial charge in [-0.15, -0.1) is 0 Å². The van der Waals surface area contributed by atoms with Crippen molar-refractivity contribution in [2.45, 2.75) is 5.41 Å². The van der Waals surface area contributed by atoms with E-state index in [1.165, 1.54) is 110 Å². The lowest BCUT2D eigenvalue weighted by Gasteiger charge is -2.30. The first kappa shape index (κ1) is 25.8. The van der Waals surface area contributed by atoms with Crippen LogP contribution in [-0.2, 0) is 5.41 Å². The Hall–Kier alpha value is -6.24. The molecule has 0 amide bonds. The first-order valence-corrected chi connectivity index (χ1v) is 17.3. The minimum absolute atomic E-state index is 0.375. The van der Waals surface area contributed by atoms with Crippen LogP contribution in [0.4, 0.5) is 0 Å². The summed E-state index contributed by atoms with van der Waals surface area (Å²) in [4.78, 5) is 0. The van der Waals surface area contributed by atoms with E-state index in [0.29, 0.717) is 0 Å². The molecule has 3 aliphatic carbocycles. The molecule has 224 valence electrons. The Balaban J connectivity index is 1.15. The van der Waals surface area contributed by atoms with Crippen molar-refractivity contribution < 1.29 is 0 Å². The number of benzene rings is 9. The topological polar surface area (TPSA) is 0 Å². The van der Waals surface area contributed by atoms with Crippen LogP contribution in [0.2, 0.25) is 0 Å². The fraction of sp³-hybridized carbons (Fsp3) is 0.0204. The molecule has 49 heavy (non-hydrogen) atoms. The lowest BCUT2D eigenvalue weighted by molar-refractivity contribution is 0.796. The van der Waals surface area contributed by atoms with E-state index in [1.54, 1.807) is 0 Å². The molecular formula is C49H28. The van der Waals surface area contributed by atoms with Gasteiger partial charge in [-0.1, -0.05) is 140 Å². The molecule has 9 aromatic rings. The van der Waals surface area contributed by atoms with Crippen molar-refractivity contribution >= 4 is 32.3 Å². The molecule has 0 N–H and O–H groups in total. The molecular weight excluding hydrogens is 589 g/mol. The Kier molecular flexibility index (Phi) is 4.74. The highest BCUT2D eigenvalue weighted by Gasteiger charge is 2.51. The summed E-state index contributed by atoms with van der Waals surface area (Å²) in [7, 11) is 0. The van der Waals surface area contributed by atoms with Crippen LogP contribution in [0.5, 0.6) is 0 Å². The Morgan fingerprint density at radius 3 is 1.47 bits per heavy atom. The summed E-state index contributed by atoms with van der Waals surface area (Å²) >= 11 is 0. The number of hydrogen-bond donors (Lipinski definition) is 0. The van der Waals surface area contributed by atoms with Crippen molar-refractivity contribution in [2.24, 2.45) is 0 Å². The van der Waals surface area contributed by atoms with Gasteiger partial charge >= 0.3 is 0 Å². The minimum atomic E-state index is -0.375. The molecule has 0 aliphatic heterocycles. The molecule has 0 nitrogen and oxygen atoms in total. The van der Waals surface area contributed by atoms with Gasteiger partial charge in [-0.25, -0.2) is 0 Å². The summed E-state index contributed by atoms with van der Waals surface area (Å²) in [6, 6.07) is 64.3. The monoisotopic (exact) mass is 616 g/mol. The van der Waals surface area contributed by atoms with E-state index in [2.05, 4.69) is 170 Å². The highest BCUT2D eigenvalue weighted by atomic mass is 14.5. The third-order valence-corrected chi connectivity index (χ3v) is 11.8. The van der Waals surface area contributed by atoms with Gasteiger partial charge in [0, 0.05) is 0 Å². The summed E-state index contributed by atoms with van der Waals surface area (Å²) in [5.74, 6) is 0. The predicted molar refractivity (Wildman–Crippen MR) is 205 cm³/mol. The first-order chi connectivity index (χ1) is 24.3. The third kappa shape index (κ3) is 3.11. The molecule has 0 bridgehead atoms. The van der Waals surface area contributed by atoms with E-state index in [9.17, 15) is 0 Å². The van der Waals surface area contributed by atoms with Gasteiger partial charge in [0.05, 0.1) is 5.41 Å². The number of fused-ring (bicyclic) bond motifs is 15. The van der Waals surface area contributed by atoms with Crippen LogP contribution in [-0.4, -0.2) is 0 Å². The Morgan fingerprint density at radius 1 is 0.265 bits per heavy atom. The average Bonchev–Trinajstić information content (AvgIpc) is 3.75. The van der Waals surface area contributed by atoms with E-state index in [0.717, 1.165) is 0 Å². The average molecular weight is 617 g/mol. The second-order valence-corrected chi connectivity index (χ2v) is 14.0. The van der Waals surface area contributed by atoms with Crippen LogP contribution >= 0.6 is 0 Å². The van der Waals surface area contributed by atoms with Crippen LogP contribution in [0.15, 0.2) is 170 Å². The zero-order valence-corrected chi connectivity index (χ0v) is 26.7. The molecule has 0 atom stereocenters.